The Labute approximate surface area is 129 Å². The molecule has 112 valence electrons. The number of furan rings is 1. The van der Waals surface area contributed by atoms with Crippen LogP contribution in [0.1, 0.15) is 27.4 Å². The fraction of sp³-hybridized carbons (Fsp3) is 0.312. The molecular weight excluding hydrogens is 284 g/mol. The minimum Gasteiger partial charge on any atom is -0.463 e. The van der Waals surface area contributed by atoms with Gasteiger partial charge in [0.25, 0.3) is 5.91 Å². The van der Waals surface area contributed by atoms with Gasteiger partial charge < -0.3 is 15.1 Å². The van der Waals surface area contributed by atoms with E-state index in [0.717, 1.165) is 28.5 Å². The molecule has 0 radical (unpaired) electrons. The van der Waals surface area contributed by atoms with E-state index in [1.54, 1.807) is 18.8 Å². The van der Waals surface area contributed by atoms with Crippen LogP contribution in [-0.4, -0.2) is 19.2 Å². The first-order valence-electron chi connectivity index (χ1n) is 6.77. The van der Waals surface area contributed by atoms with Crippen molar-refractivity contribution in [2.75, 3.05) is 18.6 Å². The molecule has 0 aliphatic rings. The first-order valence-corrected chi connectivity index (χ1v) is 8.16. The van der Waals surface area contributed by atoms with Gasteiger partial charge in [0, 0.05) is 18.3 Å². The van der Waals surface area contributed by atoms with Gasteiger partial charge in [0.1, 0.15) is 11.5 Å². The van der Waals surface area contributed by atoms with Gasteiger partial charge in [-0.15, -0.1) is 0 Å². The molecule has 21 heavy (non-hydrogen) atoms. The molecule has 0 saturated heterocycles. The van der Waals surface area contributed by atoms with Crippen molar-refractivity contribution in [2.24, 2.45) is 0 Å². The van der Waals surface area contributed by atoms with Crippen LogP contribution in [-0.2, 0) is 12.3 Å². The second-order valence-corrected chi connectivity index (χ2v) is 5.63. The largest absolute Gasteiger partial charge is 0.463 e. The summed E-state index contributed by atoms with van der Waals surface area (Å²) in [6.45, 7) is 2.61. The fourth-order valence-corrected chi connectivity index (χ4v) is 2.46. The first kappa shape index (κ1) is 15.5. The predicted molar refractivity (Wildman–Crippen MR) is 87.8 cm³/mol. The molecule has 1 amide bonds. The van der Waals surface area contributed by atoms with Gasteiger partial charge in [-0.2, -0.15) is 11.8 Å². The summed E-state index contributed by atoms with van der Waals surface area (Å²) in [4.78, 5) is 11.7. The van der Waals surface area contributed by atoms with Crippen LogP contribution in [0.25, 0.3) is 0 Å². The summed E-state index contributed by atoms with van der Waals surface area (Å²) in [5, 5.41) is 5.96. The number of aryl methyl sites for hydroxylation is 1. The lowest BCUT2D eigenvalue weighted by Crippen LogP contribution is -2.18. The molecular formula is C16H20N2O2S. The molecule has 4 nitrogen and oxygen atoms in total. The second kappa shape index (κ2) is 7.22. The van der Waals surface area contributed by atoms with E-state index in [1.165, 1.54) is 0 Å². The Morgan fingerprint density at radius 3 is 2.71 bits per heavy atom. The van der Waals surface area contributed by atoms with E-state index in [4.69, 9.17) is 4.42 Å². The van der Waals surface area contributed by atoms with Gasteiger partial charge in [-0.3, -0.25) is 4.79 Å². The molecule has 1 aromatic heterocycles. The van der Waals surface area contributed by atoms with Crippen LogP contribution in [0.4, 0.5) is 5.69 Å². The number of amides is 1. The van der Waals surface area contributed by atoms with Crippen molar-refractivity contribution in [1.29, 1.82) is 0 Å². The molecule has 0 unspecified atom stereocenters. The van der Waals surface area contributed by atoms with Gasteiger partial charge >= 0.3 is 0 Å². The van der Waals surface area contributed by atoms with E-state index in [1.807, 2.05) is 43.5 Å². The summed E-state index contributed by atoms with van der Waals surface area (Å²) in [6, 6.07) is 9.61. The van der Waals surface area contributed by atoms with Crippen LogP contribution in [0, 0.1) is 6.92 Å². The maximum absolute atomic E-state index is 11.7. The highest BCUT2D eigenvalue weighted by Gasteiger charge is 2.07. The summed E-state index contributed by atoms with van der Waals surface area (Å²) in [6.07, 6.45) is 2.05. The van der Waals surface area contributed by atoms with E-state index in [9.17, 15) is 4.79 Å². The van der Waals surface area contributed by atoms with Crippen molar-refractivity contribution in [3.8, 4) is 0 Å². The van der Waals surface area contributed by atoms with Gasteiger partial charge in [-0.25, -0.2) is 0 Å². The highest BCUT2D eigenvalue weighted by molar-refractivity contribution is 7.97. The number of hydrogen-bond acceptors (Lipinski definition) is 4. The molecule has 1 heterocycles. The Hall–Kier alpha value is -1.88. The van der Waals surface area contributed by atoms with E-state index in [2.05, 4.69) is 10.6 Å². The Kier molecular flexibility index (Phi) is 5.33. The number of carbonyl (C=O) groups excluding carboxylic acids is 1. The number of rotatable bonds is 6. The average Bonchev–Trinajstić information content (AvgIpc) is 2.93. The number of thioether (sulfide) groups is 1. The minimum atomic E-state index is -0.0849. The molecule has 5 heteroatoms. The summed E-state index contributed by atoms with van der Waals surface area (Å²) >= 11 is 1.73. The van der Waals surface area contributed by atoms with Crippen LogP contribution in [0.3, 0.4) is 0 Å². The van der Waals surface area contributed by atoms with E-state index in [0.29, 0.717) is 12.1 Å². The number of carbonyl (C=O) groups is 1. The molecule has 2 N–H and O–H groups in total. The maximum Gasteiger partial charge on any atom is 0.251 e. The lowest BCUT2D eigenvalue weighted by atomic mass is 10.1. The lowest BCUT2D eigenvalue weighted by Gasteiger charge is -2.10. The number of benzene rings is 1. The molecule has 2 aromatic rings. The zero-order valence-corrected chi connectivity index (χ0v) is 13.3. The Balaban J connectivity index is 2.06. The topological polar surface area (TPSA) is 54.3 Å². The number of nitrogens with one attached hydrogen (secondary N) is 2. The van der Waals surface area contributed by atoms with Crippen molar-refractivity contribution >= 4 is 23.4 Å². The number of hydrogen-bond donors (Lipinski definition) is 2. The van der Waals surface area contributed by atoms with Gasteiger partial charge in [-0.05, 0) is 43.0 Å². The smallest absolute Gasteiger partial charge is 0.251 e. The summed E-state index contributed by atoms with van der Waals surface area (Å²) in [5.41, 5.74) is 2.69. The Bertz CT molecular complexity index is 622. The minimum absolute atomic E-state index is 0.0849. The normalized spacial score (nSPS) is 10.4. The van der Waals surface area contributed by atoms with Crippen LogP contribution in [0.5, 0.6) is 0 Å². The van der Waals surface area contributed by atoms with Crippen LogP contribution in [0.2, 0.25) is 0 Å². The average molecular weight is 304 g/mol. The summed E-state index contributed by atoms with van der Waals surface area (Å²) in [5.74, 6) is 2.67. The molecule has 0 aliphatic carbocycles. The van der Waals surface area contributed by atoms with Gasteiger partial charge in [0.05, 0.1) is 12.3 Å². The third-order valence-electron chi connectivity index (χ3n) is 3.18. The molecule has 0 bridgehead atoms. The molecule has 2 rings (SSSR count). The van der Waals surface area contributed by atoms with E-state index >= 15 is 0 Å². The molecule has 0 fully saturated rings. The van der Waals surface area contributed by atoms with Gasteiger partial charge in [-0.1, -0.05) is 6.07 Å². The first-order chi connectivity index (χ1) is 10.1. The van der Waals surface area contributed by atoms with Crippen molar-refractivity contribution in [3.63, 3.8) is 0 Å². The highest BCUT2D eigenvalue weighted by Crippen LogP contribution is 2.19. The quantitative estimate of drug-likeness (QED) is 0.858. The highest BCUT2D eigenvalue weighted by atomic mass is 32.2. The zero-order valence-electron chi connectivity index (χ0n) is 12.5. The zero-order chi connectivity index (χ0) is 15.2. The predicted octanol–water partition coefficient (Wildman–Crippen LogP) is 3.42. The van der Waals surface area contributed by atoms with Gasteiger partial charge in [0.2, 0.25) is 0 Å². The van der Waals surface area contributed by atoms with Crippen molar-refractivity contribution in [3.05, 3.63) is 53.0 Å². The second-order valence-electron chi connectivity index (χ2n) is 4.76. The van der Waals surface area contributed by atoms with Crippen LogP contribution >= 0.6 is 11.8 Å². The van der Waals surface area contributed by atoms with Crippen molar-refractivity contribution in [2.45, 2.75) is 19.2 Å². The molecule has 0 spiro atoms. The fourth-order valence-electron chi connectivity index (χ4n) is 2.02. The van der Waals surface area contributed by atoms with Crippen molar-refractivity contribution < 1.29 is 9.21 Å². The van der Waals surface area contributed by atoms with E-state index in [-0.39, 0.29) is 5.91 Å². The Morgan fingerprint density at radius 1 is 1.24 bits per heavy atom. The van der Waals surface area contributed by atoms with E-state index < -0.39 is 0 Å². The number of anilines is 1. The maximum atomic E-state index is 11.7. The molecule has 1 aromatic carbocycles. The Morgan fingerprint density at radius 2 is 2.00 bits per heavy atom. The standard InChI is InChI=1S/C16H20N2O2S/c1-11-4-5-12(16(19)17-2)8-15(11)18-9-13-6-7-14(20-13)10-21-3/h4-8,18H,9-10H2,1-3H3,(H,17,19). The summed E-state index contributed by atoms with van der Waals surface area (Å²) < 4.78 is 5.72. The van der Waals surface area contributed by atoms with Gasteiger partial charge in [0.15, 0.2) is 0 Å². The SMILES string of the molecule is CNC(=O)c1ccc(C)c(NCc2ccc(CSC)o2)c1. The van der Waals surface area contributed by atoms with Crippen molar-refractivity contribution in [1.82, 2.24) is 5.32 Å². The third-order valence-corrected chi connectivity index (χ3v) is 3.76. The monoisotopic (exact) mass is 304 g/mol. The molecule has 0 saturated carbocycles. The summed E-state index contributed by atoms with van der Waals surface area (Å²) in [7, 11) is 1.63. The van der Waals surface area contributed by atoms with Crippen LogP contribution < -0.4 is 10.6 Å². The van der Waals surface area contributed by atoms with Crippen LogP contribution in [0.15, 0.2) is 34.7 Å². The lowest BCUT2D eigenvalue weighted by molar-refractivity contribution is 0.0963. The molecule has 0 atom stereocenters. The third kappa shape index (κ3) is 4.04. The molecule has 0 aliphatic heterocycles.